The molecular formula is C32H32F3NO5S. The fraction of sp³-hybridized carbons (Fsp3) is 0.312. The van der Waals surface area contributed by atoms with Crippen molar-refractivity contribution in [3.8, 4) is 0 Å². The third-order valence-electron chi connectivity index (χ3n) is 6.99. The van der Waals surface area contributed by atoms with Gasteiger partial charge in [0, 0.05) is 6.42 Å². The van der Waals surface area contributed by atoms with E-state index in [1.54, 1.807) is 72.8 Å². The predicted octanol–water partition coefficient (Wildman–Crippen LogP) is 7.51. The molecule has 0 unspecified atom stereocenters. The van der Waals surface area contributed by atoms with Gasteiger partial charge in [0.15, 0.2) is 0 Å². The average molecular weight is 600 g/mol. The number of hydrogen-bond acceptors (Lipinski definition) is 5. The van der Waals surface area contributed by atoms with E-state index in [1.807, 2.05) is 0 Å². The van der Waals surface area contributed by atoms with E-state index in [0.717, 1.165) is 25.7 Å². The van der Waals surface area contributed by atoms with E-state index in [1.165, 1.54) is 12.1 Å². The van der Waals surface area contributed by atoms with Gasteiger partial charge in [0.25, 0.3) is 11.8 Å². The molecule has 2 amide bonds. The van der Waals surface area contributed by atoms with Gasteiger partial charge in [-0.05, 0) is 42.0 Å². The van der Waals surface area contributed by atoms with Crippen molar-refractivity contribution in [2.75, 3.05) is 0 Å². The van der Waals surface area contributed by atoms with E-state index in [2.05, 4.69) is 0 Å². The van der Waals surface area contributed by atoms with Crippen LogP contribution in [-0.4, -0.2) is 31.5 Å². The molecule has 42 heavy (non-hydrogen) atoms. The third kappa shape index (κ3) is 7.95. The normalized spacial score (nSPS) is 14.2. The van der Waals surface area contributed by atoms with Crippen LogP contribution < -0.4 is 0 Å². The van der Waals surface area contributed by atoms with Gasteiger partial charge in [-0.25, -0.2) is 0 Å². The van der Waals surface area contributed by atoms with Crippen LogP contribution in [0.5, 0.6) is 0 Å². The number of aryl methyl sites for hydroxylation is 1. The van der Waals surface area contributed by atoms with Gasteiger partial charge in [0.05, 0.1) is 16.0 Å². The molecule has 0 aliphatic carbocycles. The molecule has 1 aliphatic heterocycles. The Labute approximate surface area is 243 Å². The van der Waals surface area contributed by atoms with Crippen LogP contribution in [0.2, 0.25) is 0 Å². The fourth-order valence-corrected chi connectivity index (χ4v) is 6.09. The van der Waals surface area contributed by atoms with Crippen LogP contribution in [-0.2, 0) is 30.4 Å². The number of benzene rings is 3. The van der Waals surface area contributed by atoms with Crippen LogP contribution in [0.1, 0.15) is 68.1 Å². The van der Waals surface area contributed by atoms with E-state index in [0.29, 0.717) is 41.0 Å². The van der Waals surface area contributed by atoms with Crippen molar-refractivity contribution < 1.29 is 35.5 Å². The number of nitrogens with zero attached hydrogens (tertiary/aromatic N) is 1. The van der Waals surface area contributed by atoms with Crippen molar-refractivity contribution in [3.63, 3.8) is 0 Å². The summed E-state index contributed by atoms with van der Waals surface area (Å²) in [7, 11) is -4.56. The Morgan fingerprint density at radius 2 is 1.07 bits per heavy atom. The van der Waals surface area contributed by atoms with Gasteiger partial charge >= 0.3 is 16.3 Å². The zero-order chi connectivity index (χ0) is 30.2. The Balaban J connectivity index is 1.42. The lowest BCUT2D eigenvalue weighted by Crippen LogP contribution is -2.34. The predicted molar refractivity (Wildman–Crippen MR) is 153 cm³/mol. The maximum Gasteiger partial charge on any atom is 0.389 e. The lowest BCUT2D eigenvalue weighted by molar-refractivity contribution is -0.160. The summed E-state index contributed by atoms with van der Waals surface area (Å²) in [4.78, 5) is 26.8. The molecule has 0 spiro atoms. The van der Waals surface area contributed by atoms with Crippen molar-refractivity contribution in [1.29, 1.82) is 0 Å². The quantitative estimate of drug-likeness (QED) is 0.142. The number of halogens is 3. The summed E-state index contributed by atoms with van der Waals surface area (Å²) < 4.78 is 68.8. The van der Waals surface area contributed by atoms with Crippen molar-refractivity contribution in [2.45, 2.75) is 68.9 Å². The van der Waals surface area contributed by atoms with Gasteiger partial charge in [-0.15, -0.1) is 9.35 Å². The lowest BCUT2D eigenvalue weighted by atomic mass is 9.96. The molecule has 3 aromatic carbocycles. The highest BCUT2D eigenvalue weighted by atomic mass is 32.2. The molecule has 4 rings (SSSR count). The third-order valence-corrected chi connectivity index (χ3v) is 8.27. The first-order valence-corrected chi connectivity index (χ1v) is 15.3. The van der Waals surface area contributed by atoms with E-state index in [9.17, 15) is 31.2 Å². The molecule has 1 heterocycles. The number of imide groups is 1. The smallest absolute Gasteiger partial charge is 0.266 e. The summed E-state index contributed by atoms with van der Waals surface area (Å²) in [5, 5.41) is 0.315. The average Bonchev–Trinajstić information content (AvgIpc) is 3.21. The van der Waals surface area contributed by atoms with Crippen molar-refractivity contribution >= 4 is 33.1 Å². The molecule has 0 radical (unpaired) electrons. The summed E-state index contributed by atoms with van der Waals surface area (Å²) in [6, 6.07) is 23.3. The molecule has 0 fully saturated rings. The maximum absolute atomic E-state index is 13.5. The topological polar surface area (TPSA) is 80.8 Å². The molecular weight excluding hydrogens is 567 g/mol. The number of rotatable bonds is 14. The highest BCUT2D eigenvalue weighted by Gasteiger charge is 2.43. The summed E-state index contributed by atoms with van der Waals surface area (Å²) in [5.41, 5.74) is 1.50. The summed E-state index contributed by atoms with van der Waals surface area (Å²) in [6.07, 6.45) is -0.00925. The van der Waals surface area contributed by atoms with Crippen LogP contribution in [0.3, 0.4) is 0 Å². The molecule has 0 saturated heterocycles. The monoisotopic (exact) mass is 599 g/mol. The van der Waals surface area contributed by atoms with Crippen molar-refractivity contribution in [3.05, 3.63) is 102 Å². The van der Waals surface area contributed by atoms with Gasteiger partial charge in [0.1, 0.15) is 0 Å². The lowest BCUT2D eigenvalue weighted by Gasteiger charge is -2.16. The number of carbonyl (C=O) groups excluding carboxylic acids is 2. The van der Waals surface area contributed by atoms with Gasteiger partial charge in [-0.1, -0.05) is 111 Å². The fourth-order valence-electron chi connectivity index (χ4n) is 4.94. The largest absolute Gasteiger partial charge is 0.389 e. The Morgan fingerprint density at radius 1 is 0.619 bits per heavy atom. The molecule has 10 heteroatoms. The van der Waals surface area contributed by atoms with E-state index in [4.69, 9.17) is 4.28 Å². The number of carbonyl (C=O) groups is 2. The van der Waals surface area contributed by atoms with Crippen LogP contribution in [0, 0.1) is 0 Å². The van der Waals surface area contributed by atoms with E-state index in [-0.39, 0.29) is 22.5 Å². The zero-order valence-corrected chi connectivity index (χ0v) is 23.8. The Bertz CT molecular complexity index is 1460. The molecule has 0 N–H and O–H groups in total. The molecule has 0 atom stereocenters. The van der Waals surface area contributed by atoms with E-state index < -0.39 is 34.5 Å². The number of alkyl halides is 3. The van der Waals surface area contributed by atoms with E-state index >= 15 is 0 Å². The highest BCUT2D eigenvalue weighted by Crippen LogP contribution is 2.37. The van der Waals surface area contributed by atoms with Crippen LogP contribution in [0.4, 0.5) is 13.2 Å². The van der Waals surface area contributed by atoms with Gasteiger partial charge in [-0.2, -0.15) is 21.6 Å². The summed E-state index contributed by atoms with van der Waals surface area (Å²) in [6.45, 7) is 0. The minimum atomic E-state index is -4.56. The summed E-state index contributed by atoms with van der Waals surface area (Å²) in [5.74, 6) is -1.75. The van der Waals surface area contributed by atoms with Gasteiger partial charge in [-0.3, -0.25) is 9.59 Å². The summed E-state index contributed by atoms with van der Waals surface area (Å²) >= 11 is 0. The van der Waals surface area contributed by atoms with Gasteiger partial charge in [0.2, 0.25) is 0 Å². The van der Waals surface area contributed by atoms with Crippen molar-refractivity contribution in [2.24, 2.45) is 0 Å². The standard InChI is InChI=1S/C32H32F3NO5S/c33-32(34,35)23-15-5-3-1-2-4-8-16-24-17-13-14-22-27(24)42(39,40)41-36-30(37)28(25-18-9-6-10-19-25)29(31(36)38)26-20-11-7-12-21-26/h6-7,9-14,17-22H,1-5,8,15-16,23H2. The molecule has 0 saturated carbocycles. The number of amides is 2. The minimum Gasteiger partial charge on any atom is -0.266 e. The first-order chi connectivity index (χ1) is 20.1. The Kier molecular flexibility index (Phi) is 10.3. The van der Waals surface area contributed by atoms with Crippen LogP contribution in [0.15, 0.2) is 89.8 Å². The highest BCUT2D eigenvalue weighted by molar-refractivity contribution is 7.86. The number of unbranched alkanes of at least 4 members (excludes halogenated alkanes) is 6. The second-order valence-electron chi connectivity index (χ2n) is 10.1. The zero-order valence-electron chi connectivity index (χ0n) is 23.0. The molecule has 6 nitrogen and oxygen atoms in total. The second kappa shape index (κ2) is 13.9. The SMILES string of the molecule is O=C1C(c2ccccc2)=C(c2ccccc2)C(=O)N1OS(=O)(=O)c1ccccc1CCCCCCCCCC(F)(F)F. The first kappa shape index (κ1) is 31.2. The molecule has 222 valence electrons. The molecule has 0 aromatic heterocycles. The maximum atomic E-state index is 13.5. The second-order valence-corrected chi connectivity index (χ2v) is 11.6. The van der Waals surface area contributed by atoms with Gasteiger partial charge < -0.3 is 0 Å². The van der Waals surface area contributed by atoms with Crippen LogP contribution >= 0.6 is 0 Å². The van der Waals surface area contributed by atoms with Crippen LogP contribution in [0.25, 0.3) is 11.1 Å². The number of hydroxylamine groups is 2. The molecule has 1 aliphatic rings. The Hall–Kier alpha value is -3.76. The van der Waals surface area contributed by atoms with Crippen molar-refractivity contribution in [1.82, 2.24) is 5.06 Å². The Morgan fingerprint density at radius 3 is 1.60 bits per heavy atom. The minimum absolute atomic E-state index is 0.0497. The molecule has 3 aromatic rings. The molecule has 0 bridgehead atoms. The first-order valence-electron chi connectivity index (χ1n) is 13.9. The number of hydrogen-bond donors (Lipinski definition) is 0.